The van der Waals surface area contributed by atoms with Crippen molar-refractivity contribution >= 4 is 11.8 Å². The second-order valence-corrected chi connectivity index (χ2v) is 4.63. The van der Waals surface area contributed by atoms with E-state index in [1.807, 2.05) is 0 Å². The van der Waals surface area contributed by atoms with Gasteiger partial charge in [-0.1, -0.05) is 6.42 Å². The van der Waals surface area contributed by atoms with Crippen LogP contribution in [0.1, 0.15) is 51.9 Å². The van der Waals surface area contributed by atoms with E-state index in [1.165, 1.54) is 6.92 Å². The molecule has 0 amide bonds. The number of ketones is 1. The fraction of sp³-hybridized carbons (Fsp3) is 0.833. The van der Waals surface area contributed by atoms with Crippen LogP contribution >= 0.6 is 0 Å². The Bertz CT molecular complexity index is 317. The van der Waals surface area contributed by atoms with Crippen molar-refractivity contribution in [2.45, 2.75) is 64.0 Å². The van der Waals surface area contributed by atoms with Crippen LogP contribution in [-0.2, 0) is 9.59 Å². The molecule has 110 valence electrons. The number of aliphatic hydroxyl groups is 1. The van der Waals surface area contributed by atoms with E-state index < -0.39 is 23.0 Å². The lowest BCUT2D eigenvalue weighted by molar-refractivity contribution is -0.529. The number of hydrogen-bond acceptors (Lipinski definition) is 5. The molecule has 0 fully saturated rings. The second kappa shape index (κ2) is 9.43. The Balaban J connectivity index is 3.64. The third-order valence-corrected chi connectivity index (χ3v) is 2.95. The highest BCUT2D eigenvalue weighted by Gasteiger charge is 2.24. The number of carboxylic acid groups (broad SMARTS) is 1. The van der Waals surface area contributed by atoms with Crippen molar-refractivity contribution in [2.24, 2.45) is 0 Å². The second-order valence-electron chi connectivity index (χ2n) is 4.63. The van der Waals surface area contributed by atoms with E-state index in [0.717, 1.165) is 0 Å². The number of unbranched alkanes of at least 4 members (excludes halogenated alkanes) is 2. The van der Waals surface area contributed by atoms with Crippen LogP contribution in [0, 0.1) is 10.1 Å². The van der Waals surface area contributed by atoms with E-state index in [4.69, 9.17) is 5.11 Å². The molecule has 0 aromatic carbocycles. The number of carboxylic acids is 1. The van der Waals surface area contributed by atoms with Crippen molar-refractivity contribution in [3.63, 3.8) is 0 Å². The van der Waals surface area contributed by atoms with Gasteiger partial charge in [-0.25, -0.2) is 0 Å². The van der Waals surface area contributed by atoms with Crippen LogP contribution in [0.5, 0.6) is 0 Å². The number of carbonyl (C=O) groups excluding carboxylic acids is 1. The summed E-state index contributed by atoms with van der Waals surface area (Å²) in [6, 6.07) is -1.07. The van der Waals surface area contributed by atoms with Gasteiger partial charge in [0, 0.05) is 31.1 Å². The zero-order chi connectivity index (χ0) is 14.8. The van der Waals surface area contributed by atoms with Gasteiger partial charge in [-0.05, 0) is 19.3 Å². The summed E-state index contributed by atoms with van der Waals surface area (Å²) in [4.78, 5) is 31.5. The van der Waals surface area contributed by atoms with Crippen LogP contribution in [-0.4, -0.2) is 39.0 Å². The maximum absolute atomic E-state index is 11.4. The summed E-state index contributed by atoms with van der Waals surface area (Å²) in [6.07, 6.45) is 1.38. The van der Waals surface area contributed by atoms with Crippen molar-refractivity contribution in [1.82, 2.24) is 0 Å². The molecule has 0 aromatic heterocycles. The smallest absolute Gasteiger partial charge is 0.303 e. The normalized spacial score (nSPS) is 13.8. The number of Topliss-reactive ketones (excluding diaryl/α,β-unsaturated/α-hetero) is 1. The lowest BCUT2D eigenvalue weighted by atomic mass is 10.0. The third kappa shape index (κ3) is 9.12. The summed E-state index contributed by atoms with van der Waals surface area (Å²) in [6.45, 7) is 1.31. The first-order chi connectivity index (χ1) is 8.84. The van der Waals surface area contributed by atoms with Gasteiger partial charge in [0.25, 0.3) is 0 Å². The first-order valence-corrected chi connectivity index (χ1v) is 6.39. The van der Waals surface area contributed by atoms with Crippen LogP contribution in [0.3, 0.4) is 0 Å². The largest absolute Gasteiger partial charge is 0.481 e. The first kappa shape index (κ1) is 17.5. The standard InChI is InChI=1S/C12H21NO6/c1-9(13(18)19)11(15)8-7-10(14)5-3-2-4-6-12(16)17/h9,11,15H,2-8H2,1H3,(H,16,17). The number of aliphatic carboxylic acids is 1. The quantitative estimate of drug-likeness (QED) is 0.334. The van der Waals surface area contributed by atoms with E-state index in [1.54, 1.807) is 0 Å². The van der Waals surface area contributed by atoms with Crippen LogP contribution in [0.4, 0.5) is 0 Å². The number of carbonyl (C=O) groups is 2. The molecule has 0 aromatic rings. The molecule has 0 rings (SSSR count). The molecule has 7 heteroatoms. The molecule has 0 saturated carbocycles. The summed E-state index contributed by atoms with van der Waals surface area (Å²) in [5.74, 6) is -0.895. The Morgan fingerprint density at radius 1 is 1.16 bits per heavy atom. The van der Waals surface area contributed by atoms with Crippen LogP contribution in [0.2, 0.25) is 0 Å². The van der Waals surface area contributed by atoms with E-state index >= 15 is 0 Å². The summed E-state index contributed by atoms with van der Waals surface area (Å²) in [7, 11) is 0. The van der Waals surface area contributed by atoms with Gasteiger partial charge in [-0.3, -0.25) is 19.7 Å². The van der Waals surface area contributed by atoms with Gasteiger partial charge in [-0.15, -0.1) is 0 Å². The minimum atomic E-state index is -1.11. The maximum atomic E-state index is 11.4. The molecule has 0 radical (unpaired) electrons. The van der Waals surface area contributed by atoms with Gasteiger partial charge >= 0.3 is 5.97 Å². The minimum absolute atomic E-state index is 0.0510. The molecule has 2 atom stereocenters. The first-order valence-electron chi connectivity index (χ1n) is 6.39. The molecule has 0 spiro atoms. The molecular weight excluding hydrogens is 254 g/mol. The number of nitro groups is 1. The van der Waals surface area contributed by atoms with E-state index in [0.29, 0.717) is 25.7 Å². The zero-order valence-corrected chi connectivity index (χ0v) is 11.1. The highest BCUT2D eigenvalue weighted by molar-refractivity contribution is 5.78. The monoisotopic (exact) mass is 275 g/mol. The highest BCUT2D eigenvalue weighted by atomic mass is 16.6. The number of aliphatic hydroxyl groups excluding tert-OH is 1. The maximum Gasteiger partial charge on any atom is 0.303 e. The van der Waals surface area contributed by atoms with Crippen molar-refractivity contribution in [3.05, 3.63) is 10.1 Å². The van der Waals surface area contributed by atoms with Gasteiger partial charge in [0.2, 0.25) is 6.04 Å². The Labute approximate surface area is 111 Å². The van der Waals surface area contributed by atoms with Gasteiger partial charge < -0.3 is 10.2 Å². The molecule has 0 aliphatic carbocycles. The number of hydrogen-bond donors (Lipinski definition) is 2. The summed E-state index contributed by atoms with van der Waals surface area (Å²) in [5.41, 5.74) is 0. The van der Waals surface area contributed by atoms with E-state index in [2.05, 4.69) is 0 Å². The topological polar surface area (TPSA) is 118 Å². The van der Waals surface area contributed by atoms with Crippen molar-refractivity contribution in [2.75, 3.05) is 0 Å². The predicted octanol–water partition coefficient (Wildman–Crippen LogP) is 1.40. The number of nitrogens with zero attached hydrogens (tertiary/aromatic N) is 1. The van der Waals surface area contributed by atoms with Gasteiger partial charge in [0.15, 0.2) is 0 Å². The lowest BCUT2D eigenvalue weighted by Crippen LogP contribution is -2.31. The summed E-state index contributed by atoms with van der Waals surface area (Å²) < 4.78 is 0. The fourth-order valence-corrected chi connectivity index (χ4v) is 1.59. The Kier molecular flexibility index (Phi) is 8.69. The average molecular weight is 275 g/mol. The molecule has 0 aliphatic heterocycles. The molecule has 19 heavy (non-hydrogen) atoms. The van der Waals surface area contributed by atoms with Gasteiger partial charge in [0.1, 0.15) is 11.9 Å². The average Bonchev–Trinajstić information content (AvgIpc) is 2.33. The van der Waals surface area contributed by atoms with Crippen molar-refractivity contribution in [3.8, 4) is 0 Å². The van der Waals surface area contributed by atoms with Crippen molar-refractivity contribution < 1.29 is 24.7 Å². The molecule has 0 heterocycles. The summed E-state index contributed by atoms with van der Waals surface area (Å²) >= 11 is 0. The lowest BCUT2D eigenvalue weighted by Gasteiger charge is -2.11. The van der Waals surface area contributed by atoms with E-state index in [-0.39, 0.29) is 25.0 Å². The number of rotatable bonds is 11. The molecule has 2 unspecified atom stereocenters. The molecular formula is C12H21NO6. The van der Waals surface area contributed by atoms with Gasteiger partial charge in [-0.2, -0.15) is 0 Å². The van der Waals surface area contributed by atoms with Crippen LogP contribution in [0.25, 0.3) is 0 Å². The summed E-state index contributed by atoms with van der Waals surface area (Å²) in [5, 5.41) is 28.3. The van der Waals surface area contributed by atoms with Gasteiger partial charge in [0.05, 0.1) is 0 Å². The van der Waals surface area contributed by atoms with Crippen molar-refractivity contribution in [1.29, 1.82) is 0 Å². The molecule has 0 saturated heterocycles. The fourth-order valence-electron chi connectivity index (χ4n) is 1.59. The molecule has 7 nitrogen and oxygen atoms in total. The predicted molar refractivity (Wildman–Crippen MR) is 67.4 cm³/mol. The Morgan fingerprint density at radius 3 is 2.26 bits per heavy atom. The van der Waals surface area contributed by atoms with E-state index in [9.17, 15) is 24.8 Å². The SMILES string of the molecule is CC(C(O)CCC(=O)CCCCCC(=O)O)[N+](=O)[O-]. The van der Waals surface area contributed by atoms with Crippen LogP contribution in [0.15, 0.2) is 0 Å². The highest BCUT2D eigenvalue weighted by Crippen LogP contribution is 2.10. The minimum Gasteiger partial charge on any atom is -0.481 e. The zero-order valence-electron chi connectivity index (χ0n) is 11.1. The Hall–Kier alpha value is -1.50. The molecule has 0 bridgehead atoms. The van der Waals surface area contributed by atoms with Crippen LogP contribution < -0.4 is 0 Å². The Morgan fingerprint density at radius 2 is 1.74 bits per heavy atom. The molecule has 0 aliphatic rings. The third-order valence-electron chi connectivity index (χ3n) is 2.95. The molecule has 2 N–H and O–H groups in total.